The maximum Gasteiger partial charge on any atom is 0.240 e. The lowest BCUT2D eigenvalue weighted by molar-refractivity contribution is 0.581. The van der Waals surface area contributed by atoms with Crippen molar-refractivity contribution >= 4 is 32.4 Å². The standard InChI is InChI=1S/C24H25N7O2S.CH4/c32-34(33,29-19-5-6-19)21-3-1-2-20(13-21)30-8-10-31(11-9-30)24-22-12-17(18-14-27-28-15-18)4-7-23(22)25-16-26-24;/h1-4,7,12-16,19,29H,5-6,8-11H2,(H,27,28);1H4. The number of fused-ring (bicyclic) bond motifs is 1. The van der Waals surface area contributed by atoms with E-state index in [-0.39, 0.29) is 13.5 Å². The van der Waals surface area contributed by atoms with Gasteiger partial charge in [0.15, 0.2) is 0 Å². The summed E-state index contributed by atoms with van der Waals surface area (Å²) in [6.07, 6.45) is 7.13. The van der Waals surface area contributed by atoms with Crippen LogP contribution >= 0.6 is 0 Å². The number of rotatable bonds is 6. The number of aromatic amines is 1. The van der Waals surface area contributed by atoms with Crippen LogP contribution in [-0.2, 0) is 10.0 Å². The normalized spacial score (nSPS) is 16.3. The van der Waals surface area contributed by atoms with Crippen LogP contribution in [-0.4, -0.2) is 60.8 Å². The van der Waals surface area contributed by atoms with E-state index in [0.29, 0.717) is 4.90 Å². The lowest BCUT2D eigenvalue weighted by Crippen LogP contribution is -2.47. The molecule has 1 saturated carbocycles. The van der Waals surface area contributed by atoms with Gasteiger partial charge in [-0.1, -0.05) is 19.6 Å². The summed E-state index contributed by atoms with van der Waals surface area (Å²) in [7, 11) is -3.47. The Balaban J connectivity index is 0.00000253. The van der Waals surface area contributed by atoms with Crippen LogP contribution in [0.1, 0.15) is 20.3 Å². The van der Waals surface area contributed by atoms with Gasteiger partial charge in [0, 0.05) is 55.1 Å². The molecule has 35 heavy (non-hydrogen) atoms. The van der Waals surface area contributed by atoms with Gasteiger partial charge >= 0.3 is 0 Å². The number of nitrogens with one attached hydrogen (secondary N) is 2. The summed E-state index contributed by atoms with van der Waals surface area (Å²) in [6.45, 7) is 3.09. The van der Waals surface area contributed by atoms with Crippen molar-refractivity contribution in [3.05, 3.63) is 61.2 Å². The number of hydrogen-bond acceptors (Lipinski definition) is 7. The van der Waals surface area contributed by atoms with Crippen molar-refractivity contribution in [1.82, 2.24) is 24.9 Å². The highest BCUT2D eigenvalue weighted by Crippen LogP contribution is 2.30. The van der Waals surface area contributed by atoms with Crippen molar-refractivity contribution in [2.24, 2.45) is 0 Å². The highest BCUT2D eigenvalue weighted by molar-refractivity contribution is 7.89. The lowest BCUT2D eigenvalue weighted by Gasteiger charge is -2.37. The first kappa shape index (κ1) is 23.3. The number of sulfonamides is 1. The van der Waals surface area contributed by atoms with Gasteiger partial charge in [0.25, 0.3) is 0 Å². The van der Waals surface area contributed by atoms with E-state index in [1.165, 1.54) is 0 Å². The second-order valence-corrected chi connectivity index (χ2v) is 10.5. The van der Waals surface area contributed by atoms with Crippen molar-refractivity contribution in [2.45, 2.75) is 31.2 Å². The number of H-pyrrole nitrogens is 1. The van der Waals surface area contributed by atoms with Gasteiger partial charge in [-0.2, -0.15) is 5.10 Å². The summed E-state index contributed by atoms with van der Waals surface area (Å²) in [5.41, 5.74) is 3.91. The smallest absolute Gasteiger partial charge is 0.240 e. The van der Waals surface area contributed by atoms with E-state index in [2.05, 4.69) is 40.8 Å². The van der Waals surface area contributed by atoms with Crippen molar-refractivity contribution in [3.8, 4) is 11.1 Å². The molecule has 2 aliphatic rings. The van der Waals surface area contributed by atoms with Crippen molar-refractivity contribution < 1.29 is 8.42 Å². The maximum absolute atomic E-state index is 12.6. The summed E-state index contributed by atoms with van der Waals surface area (Å²) in [4.78, 5) is 13.9. The molecular weight excluding hydrogens is 462 g/mol. The third kappa shape index (κ3) is 4.71. The van der Waals surface area contributed by atoms with Crippen LogP contribution in [0.15, 0.2) is 66.1 Å². The molecule has 0 amide bonds. The number of aromatic nitrogens is 4. The topological polar surface area (TPSA) is 107 Å². The molecule has 2 fully saturated rings. The highest BCUT2D eigenvalue weighted by atomic mass is 32.2. The second kappa shape index (κ2) is 9.27. The van der Waals surface area contributed by atoms with E-state index in [4.69, 9.17) is 0 Å². The molecule has 0 unspecified atom stereocenters. The monoisotopic (exact) mass is 491 g/mol. The third-order valence-corrected chi connectivity index (χ3v) is 7.94. The number of anilines is 2. The van der Waals surface area contributed by atoms with Gasteiger partial charge in [0.05, 0.1) is 16.6 Å². The molecule has 0 atom stereocenters. The van der Waals surface area contributed by atoms with Crippen LogP contribution in [0.25, 0.3) is 22.0 Å². The van der Waals surface area contributed by atoms with Gasteiger partial charge in [-0.05, 0) is 48.7 Å². The molecular formula is C25H29N7O2S. The van der Waals surface area contributed by atoms with Crippen LogP contribution in [0.3, 0.4) is 0 Å². The average Bonchev–Trinajstić information content (AvgIpc) is 3.50. The predicted molar refractivity (Wildman–Crippen MR) is 138 cm³/mol. The first-order chi connectivity index (χ1) is 16.6. The Morgan fingerprint density at radius 3 is 2.49 bits per heavy atom. The Morgan fingerprint density at radius 1 is 0.943 bits per heavy atom. The van der Waals surface area contributed by atoms with Crippen LogP contribution < -0.4 is 14.5 Å². The zero-order chi connectivity index (χ0) is 23.1. The first-order valence-corrected chi connectivity index (χ1v) is 12.9. The van der Waals surface area contributed by atoms with Crippen molar-refractivity contribution in [3.63, 3.8) is 0 Å². The van der Waals surface area contributed by atoms with Gasteiger partial charge in [-0.3, -0.25) is 5.10 Å². The molecule has 10 heteroatoms. The molecule has 4 aromatic rings. The lowest BCUT2D eigenvalue weighted by atomic mass is 10.1. The van der Waals surface area contributed by atoms with Crippen molar-refractivity contribution in [1.29, 1.82) is 0 Å². The molecule has 2 aromatic heterocycles. The van der Waals surface area contributed by atoms with E-state index in [0.717, 1.165) is 72.6 Å². The van der Waals surface area contributed by atoms with E-state index in [1.54, 1.807) is 24.7 Å². The first-order valence-electron chi connectivity index (χ1n) is 11.4. The quantitative estimate of drug-likeness (QED) is 0.426. The van der Waals surface area contributed by atoms with Crippen LogP contribution in [0, 0.1) is 0 Å². The molecule has 3 heterocycles. The highest BCUT2D eigenvalue weighted by Gasteiger charge is 2.28. The summed E-state index contributed by atoms with van der Waals surface area (Å²) < 4.78 is 28.0. The Hall–Kier alpha value is -3.50. The summed E-state index contributed by atoms with van der Waals surface area (Å²) in [5, 5.41) is 7.92. The number of benzene rings is 2. The fraction of sp³-hybridized carbons (Fsp3) is 0.320. The zero-order valence-corrected chi connectivity index (χ0v) is 19.4. The molecule has 2 aromatic carbocycles. The SMILES string of the molecule is C.O=S(=O)(NC1CC1)c1cccc(N2CCN(c3ncnc4ccc(-c5cn[nH]c5)cc34)CC2)c1. The molecule has 0 radical (unpaired) electrons. The third-order valence-electron chi connectivity index (χ3n) is 6.42. The molecule has 2 N–H and O–H groups in total. The van der Waals surface area contributed by atoms with E-state index >= 15 is 0 Å². The molecule has 9 nitrogen and oxygen atoms in total. The van der Waals surface area contributed by atoms with Crippen LogP contribution in [0.4, 0.5) is 11.5 Å². The summed E-state index contributed by atoms with van der Waals surface area (Å²) in [5.74, 6) is 0.917. The largest absolute Gasteiger partial charge is 0.368 e. The zero-order valence-electron chi connectivity index (χ0n) is 18.6. The Kier molecular flexibility index (Phi) is 6.16. The minimum Gasteiger partial charge on any atom is -0.368 e. The molecule has 0 spiro atoms. The predicted octanol–water partition coefficient (Wildman–Crippen LogP) is 3.42. The van der Waals surface area contributed by atoms with Gasteiger partial charge in [0.1, 0.15) is 12.1 Å². The van der Waals surface area contributed by atoms with E-state index < -0.39 is 10.0 Å². The molecule has 1 aliphatic heterocycles. The fourth-order valence-corrected chi connectivity index (χ4v) is 5.74. The Bertz CT molecular complexity index is 1430. The van der Waals surface area contributed by atoms with Gasteiger partial charge in [-0.15, -0.1) is 0 Å². The van der Waals surface area contributed by atoms with Crippen LogP contribution in [0.2, 0.25) is 0 Å². The minimum atomic E-state index is -3.47. The van der Waals surface area contributed by atoms with E-state index in [9.17, 15) is 8.42 Å². The van der Waals surface area contributed by atoms with Gasteiger partial charge in [0.2, 0.25) is 10.0 Å². The maximum atomic E-state index is 12.6. The van der Waals surface area contributed by atoms with E-state index in [1.807, 2.05) is 30.5 Å². The molecule has 182 valence electrons. The number of hydrogen-bond donors (Lipinski definition) is 2. The molecule has 1 saturated heterocycles. The van der Waals surface area contributed by atoms with Gasteiger partial charge in [-0.25, -0.2) is 23.1 Å². The number of piperazine rings is 1. The minimum absolute atomic E-state index is 0. The number of nitrogens with zero attached hydrogens (tertiary/aromatic N) is 5. The second-order valence-electron chi connectivity index (χ2n) is 8.78. The fourth-order valence-electron chi connectivity index (χ4n) is 4.40. The van der Waals surface area contributed by atoms with Gasteiger partial charge < -0.3 is 9.80 Å². The molecule has 1 aliphatic carbocycles. The Labute approximate surface area is 205 Å². The van der Waals surface area contributed by atoms with Crippen molar-refractivity contribution in [2.75, 3.05) is 36.0 Å². The molecule has 0 bridgehead atoms. The Morgan fingerprint density at radius 2 is 1.74 bits per heavy atom. The summed E-state index contributed by atoms with van der Waals surface area (Å²) >= 11 is 0. The average molecular weight is 492 g/mol. The summed E-state index contributed by atoms with van der Waals surface area (Å²) in [6, 6.07) is 13.5. The van der Waals surface area contributed by atoms with Crippen LogP contribution in [0.5, 0.6) is 0 Å². The molecule has 6 rings (SSSR count).